The molecule has 1 heterocycles. The highest BCUT2D eigenvalue weighted by Gasteiger charge is 2.26. The van der Waals surface area contributed by atoms with E-state index in [4.69, 9.17) is 9.15 Å². The highest BCUT2D eigenvalue weighted by molar-refractivity contribution is 8.00. The molecule has 0 radical (unpaired) electrons. The SMILES string of the molecule is COc1ccc(SC(C)C(=O)NC2CCCc3occc32)cc1. The van der Waals surface area contributed by atoms with Crippen molar-refractivity contribution in [1.82, 2.24) is 5.32 Å². The van der Waals surface area contributed by atoms with Crippen molar-refractivity contribution in [2.24, 2.45) is 0 Å². The second-order valence-electron chi connectivity index (χ2n) is 5.69. The summed E-state index contributed by atoms with van der Waals surface area (Å²) >= 11 is 1.55. The van der Waals surface area contributed by atoms with Crippen LogP contribution in [0.5, 0.6) is 5.75 Å². The van der Waals surface area contributed by atoms with Crippen LogP contribution in [0, 0.1) is 0 Å². The number of ether oxygens (including phenoxy) is 1. The lowest BCUT2D eigenvalue weighted by Gasteiger charge is -2.24. The normalized spacial score (nSPS) is 18.1. The van der Waals surface area contributed by atoms with Gasteiger partial charge in [0.2, 0.25) is 5.91 Å². The Bertz CT molecular complexity index is 665. The van der Waals surface area contributed by atoms with E-state index in [2.05, 4.69) is 5.32 Å². The van der Waals surface area contributed by atoms with Crippen LogP contribution in [-0.2, 0) is 11.2 Å². The predicted octanol–water partition coefficient (Wildman–Crippen LogP) is 3.96. The van der Waals surface area contributed by atoms with E-state index in [0.717, 1.165) is 41.2 Å². The van der Waals surface area contributed by atoms with Crippen LogP contribution < -0.4 is 10.1 Å². The van der Waals surface area contributed by atoms with E-state index >= 15 is 0 Å². The molecule has 0 spiro atoms. The van der Waals surface area contributed by atoms with Crippen LogP contribution in [0.1, 0.15) is 37.1 Å². The summed E-state index contributed by atoms with van der Waals surface area (Å²) in [7, 11) is 1.65. The molecule has 5 heteroatoms. The van der Waals surface area contributed by atoms with Crippen molar-refractivity contribution >= 4 is 17.7 Å². The number of fused-ring (bicyclic) bond motifs is 1. The zero-order valence-corrected chi connectivity index (χ0v) is 14.2. The summed E-state index contributed by atoms with van der Waals surface area (Å²) in [6, 6.07) is 9.81. The van der Waals surface area contributed by atoms with Gasteiger partial charge in [-0.25, -0.2) is 0 Å². The molecule has 122 valence electrons. The summed E-state index contributed by atoms with van der Waals surface area (Å²) in [5.74, 6) is 1.89. The first kappa shape index (κ1) is 16.0. The first-order valence-electron chi connectivity index (χ1n) is 7.84. The molecule has 3 rings (SSSR count). The molecule has 1 aliphatic rings. The fourth-order valence-electron chi connectivity index (χ4n) is 2.84. The second-order valence-corrected chi connectivity index (χ2v) is 7.10. The third kappa shape index (κ3) is 3.72. The van der Waals surface area contributed by atoms with Gasteiger partial charge in [-0.15, -0.1) is 11.8 Å². The van der Waals surface area contributed by atoms with Crippen LogP contribution in [0.4, 0.5) is 0 Å². The molecular formula is C18H21NO3S. The minimum Gasteiger partial charge on any atom is -0.497 e. The Morgan fingerprint density at radius 3 is 2.87 bits per heavy atom. The number of aryl methyl sites for hydroxylation is 1. The molecule has 1 N–H and O–H groups in total. The molecule has 1 aromatic carbocycles. The van der Waals surface area contributed by atoms with Gasteiger partial charge in [0.15, 0.2) is 0 Å². The van der Waals surface area contributed by atoms with Crippen molar-refractivity contribution in [3.05, 3.63) is 47.9 Å². The van der Waals surface area contributed by atoms with Gasteiger partial charge in [0.05, 0.1) is 24.7 Å². The van der Waals surface area contributed by atoms with E-state index in [1.54, 1.807) is 25.1 Å². The number of carbonyl (C=O) groups is 1. The van der Waals surface area contributed by atoms with Crippen molar-refractivity contribution in [2.75, 3.05) is 7.11 Å². The molecule has 1 aromatic heterocycles. The number of methoxy groups -OCH3 is 1. The van der Waals surface area contributed by atoms with Crippen LogP contribution in [0.25, 0.3) is 0 Å². The standard InChI is InChI=1S/C18H21NO3S/c1-12(23-14-8-6-13(21-2)7-9-14)18(20)19-16-4-3-5-17-15(16)10-11-22-17/h6-12,16H,3-5H2,1-2H3,(H,19,20). The first-order chi connectivity index (χ1) is 11.2. The molecule has 2 unspecified atom stereocenters. The lowest BCUT2D eigenvalue weighted by Crippen LogP contribution is -2.35. The van der Waals surface area contributed by atoms with Crippen molar-refractivity contribution in [2.45, 2.75) is 42.4 Å². The van der Waals surface area contributed by atoms with Gasteiger partial charge in [0, 0.05) is 16.9 Å². The topological polar surface area (TPSA) is 51.5 Å². The quantitative estimate of drug-likeness (QED) is 0.843. The highest BCUT2D eigenvalue weighted by atomic mass is 32.2. The van der Waals surface area contributed by atoms with Crippen molar-refractivity contribution in [1.29, 1.82) is 0 Å². The van der Waals surface area contributed by atoms with Crippen LogP contribution in [0.15, 0.2) is 45.9 Å². The molecule has 1 amide bonds. The largest absolute Gasteiger partial charge is 0.497 e. The molecule has 2 atom stereocenters. The molecule has 0 saturated carbocycles. The summed E-state index contributed by atoms with van der Waals surface area (Å²) in [6.07, 6.45) is 4.69. The van der Waals surface area contributed by atoms with Crippen molar-refractivity contribution in [3.63, 3.8) is 0 Å². The average Bonchev–Trinajstić information content (AvgIpc) is 3.05. The van der Waals surface area contributed by atoms with Gasteiger partial charge in [-0.3, -0.25) is 4.79 Å². The van der Waals surface area contributed by atoms with Gasteiger partial charge < -0.3 is 14.5 Å². The molecular weight excluding hydrogens is 310 g/mol. The van der Waals surface area contributed by atoms with E-state index in [0.29, 0.717) is 0 Å². The van der Waals surface area contributed by atoms with Crippen LogP contribution >= 0.6 is 11.8 Å². The maximum absolute atomic E-state index is 12.5. The Labute approximate surface area is 140 Å². The van der Waals surface area contributed by atoms with Crippen molar-refractivity contribution in [3.8, 4) is 5.75 Å². The number of nitrogens with one attached hydrogen (secondary N) is 1. The number of thioether (sulfide) groups is 1. The maximum atomic E-state index is 12.5. The number of amides is 1. The fraction of sp³-hybridized carbons (Fsp3) is 0.389. The summed E-state index contributed by atoms with van der Waals surface area (Å²) in [6.45, 7) is 1.93. The minimum atomic E-state index is -0.152. The van der Waals surface area contributed by atoms with Gasteiger partial charge >= 0.3 is 0 Å². The van der Waals surface area contributed by atoms with E-state index in [-0.39, 0.29) is 17.2 Å². The highest BCUT2D eigenvalue weighted by Crippen LogP contribution is 2.31. The molecule has 0 bridgehead atoms. The summed E-state index contributed by atoms with van der Waals surface area (Å²) in [5, 5.41) is 3.01. The minimum absolute atomic E-state index is 0.0601. The molecule has 0 fully saturated rings. The molecule has 4 nitrogen and oxygen atoms in total. The van der Waals surface area contributed by atoms with Crippen LogP contribution in [0.3, 0.4) is 0 Å². The van der Waals surface area contributed by atoms with Crippen LogP contribution in [-0.4, -0.2) is 18.3 Å². The lowest BCUT2D eigenvalue weighted by molar-refractivity contribution is -0.121. The van der Waals surface area contributed by atoms with E-state index in [1.165, 1.54) is 0 Å². The van der Waals surface area contributed by atoms with Gasteiger partial charge in [0.1, 0.15) is 11.5 Å². The average molecular weight is 331 g/mol. The third-order valence-corrected chi connectivity index (χ3v) is 5.22. The van der Waals surface area contributed by atoms with Crippen molar-refractivity contribution < 1.29 is 13.9 Å². The Morgan fingerprint density at radius 2 is 2.13 bits per heavy atom. The molecule has 0 aliphatic heterocycles. The smallest absolute Gasteiger partial charge is 0.233 e. The summed E-state index contributed by atoms with van der Waals surface area (Å²) < 4.78 is 10.6. The number of hydrogen-bond donors (Lipinski definition) is 1. The Morgan fingerprint density at radius 1 is 1.35 bits per heavy atom. The third-order valence-electron chi connectivity index (χ3n) is 4.11. The summed E-state index contributed by atoms with van der Waals surface area (Å²) in [5.41, 5.74) is 1.13. The molecule has 1 aliphatic carbocycles. The molecule has 2 aromatic rings. The Kier molecular flexibility index (Phi) is 4.96. The summed E-state index contributed by atoms with van der Waals surface area (Å²) in [4.78, 5) is 13.5. The lowest BCUT2D eigenvalue weighted by atomic mass is 9.93. The predicted molar refractivity (Wildman–Crippen MR) is 90.8 cm³/mol. The number of furan rings is 1. The number of rotatable bonds is 5. The van der Waals surface area contributed by atoms with Crippen LogP contribution in [0.2, 0.25) is 0 Å². The monoisotopic (exact) mass is 331 g/mol. The maximum Gasteiger partial charge on any atom is 0.233 e. The second kappa shape index (κ2) is 7.13. The fourth-order valence-corrected chi connectivity index (χ4v) is 3.71. The Hall–Kier alpha value is -1.88. The van der Waals surface area contributed by atoms with E-state index in [9.17, 15) is 4.79 Å². The number of carbonyl (C=O) groups excluding carboxylic acids is 1. The first-order valence-corrected chi connectivity index (χ1v) is 8.72. The van der Waals surface area contributed by atoms with Gasteiger partial charge in [-0.2, -0.15) is 0 Å². The zero-order valence-electron chi connectivity index (χ0n) is 13.4. The van der Waals surface area contributed by atoms with E-state index in [1.807, 2.05) is 37.3 Å². The molecule has 23 heavy (non-hydrogen) atoms. The van der Waals surface area contributed by atoms with Gasteiger partial charge in [-0.1, -0.05) is 0 Å². The zero-order chi connectivity index (χ0) is 16.2. The van der Waals surface area contributed by atoms with Gasteiger partial charge in [-0.05, 0) is 50.1 Å². The number of benzene rings is 1. The molecule has 0 saturated heterocycles. The number of hydrogen-bond acceptors (Lipinski definition) is 4. The Balaban J connectivity index is 1.60. The van der Waals surface area contributed by atoms with E-state index < -0.39 is 0 Å². The van der Waals surface area contributed by atoms with Gasteiger partial charge in [0.25, 0.3) is 0 Å².